The minimum Gasteiger partial charge on any atom is -0.494 e. The van der Waals surface area contributed by atoms with Gasteiger partial charge in [-0.05, 0) is 87.0 Å². The van der Waals surface area contributed by atoms with Gasteiger partial charge in [0.25, 0.3) is 0 Å². The summed E-state index contributed by atoms with van der Waals surface area (Å²) < 4.78 is 11.4. The summed E-state index contributed by atoms with van der Waals surface area (Å²) in [7, 11) is 3.86. The Hall–Kier alpha value is -2.84. The highest BCUT2D eigenvalue weighted by atomic mass is 16.5. The van der Waals surface area contributed by atoms with Crippen molar-refractivity contribution < 1.29 is 14.3 Å². The number of hydrogen-bond acceptors (Lipinski definition) is 5. The predicted octanol–water partition coefficient (Wildman–Crippen LogP) is 6.07. The van der Waals surface area contributed by atoms with E-state index in [2.05, 4.69) is 26.8 Å². The molecule has 1 unspecified atom stereocenters. The molecule has 0 aliphatic heterocycles. The Kier molecular flexibility index (Phi) is 10.4. The van der Waals surface area contributed by atoms with E-state index in [-0.39, 0.29) is 17.4 Å². The zero-order valence-electron chi connectivity index (χ0n) is 20.8. The summed E-state index contributed by atoms with van der Waals surface area (Å²) in [6.45, 7) is 7.57. The van der Waals surface area contributed by atoms with Crippen molar-refractivity contribution in [1.29, 1.82) is 5.26 Å². The molecule has 0 aromatic heterocycles. The summed E-state index contributed by atoms with van der Waals surface area (Å²) in [5.41, 5.74) is 2.92. The molecule has 1 atom stereocenters. The summed E-state index contributed by atoms with van der Waals surface area (Å²) in [4.78, 5) is 14.3. The van der Waals surface area contributed by atoms with Crippen molar-refractivity contribution in [2.75, 3.05) is 27.3 Å². The van der Waals surface area contributed by atoms with Gasteiger partial charge in [-0.25, -0.2) is 0 Å². The Morgan fingerprint density at radius 3 is 1.97 bits per heavy atom. The van der Waals surface area contributed by atoms with Gasteiger partial charge in [0.15, 0.2) is 0 Å². The van der Waals surface area contributed by atoms with E-state index in [1.807, 2.05) is 67.5 Å². The third-order valence-electron chi connectivity index (χ3n) is 5.45. The molecule has 2 aromatic rings. The third-order valence-corrected chi connectivity index (χ3v) is 5.45. The van der Waals surface area contributed by atoms with Crippen LogP contribution in [-0.4, -0.2) is 44.2 Å². The van der Waals surface area contributed by atoms with Crippen LogP contribution in [0.4, 0.5) is 0 Å². The highest BCUT2D eigenvalue weighted by Crippen LogP contribution is 2.24. The van der Waals surface area contributed by atoms with Crippen LogP contribution in [0.2, 0.25) is 0 Å². The molecule has 0 radical (unpaired) electrons. The molecule has 33 heavy (non-hydrogen) atoms. The van der Waals surface area contributed by atoms with Crippen molar-refractivity contribution in [3.8, 4) is 22.9 Å². The minimum atomic E-state index is -0.193. The number of carbonyl (C=O) groups excluding carboxylic acids is 1. The molecule has 0 aliphatic rings. The number of ether oxygens (including phenoxy) is 2. The Bertz CT molecular complexity index is 891. The highest BCUT2D eigenvalue weighted by Gasteiger charge is 2.27. The lowest BCUT2D eigenvalue weighted by atomic mass is 9.87. The molecule has 5 nitrogen and oxygen atoms in total. The molecule has 0 amide bonds. The first-order valence-corrected chi connectivity index (χ1v) is 11.8. The topological polar surface area (TPSA) is 62.6 Å². The number of hydrogen-bond donors (Lipinski definition) is 0. The summed E-state index contributed by atoms with van der Waals surface area (Å²) in [5, 5.41) is 8.90. The first-order chi connectivity index (χ1) is 15.7. The van der Waals surface area contributed by atoms with E-state index in [1.165, 1.54) is 0 Å². The molecular weight excluding hydrogens is 412 g/mol. The maximum absolute atomic E-state index is 12.4. The smallest absolute Gasteiger partial charge is 0.323 e. The molecule has 0 spiro atoms. The lowest BCUT2D eigenvalue weighted by molar-refractivity contribution is -0.150. The van der Waals surface area contributed by atoms with Crippen molar-refractivity contribution in [1.82, 2.24) is 4.90 Å². The molecule has 178 valence electrons. The molecule has 5 heteroatoms. The van der Waals surface area contributed by atoms with Crippen molar-refractivity contribution in [2.24, 2.45) is 5.41 Å². The molecule has 0 saturated carbocycles. The molecule has 0 bridgehead atoms. The van der Waals surface area contributed by atoms with Crippen molar-refractivity contribution in [2.45, 2.75) is 58.9 Å². The van der Waals surface area contributed by atoms with Gasteiger partial charge in [-0.15, -0.1) is 0 Å². The Labute approximate surface area is 199 Å². The monoisotopic (exact) mass is 450 g/mol. The van der Waals surface area contributed by atoms with Crippen molar-refractivity contribution >= 4 is 5.97 Å². The Morgan fingerprint density at radius 1 is 0.909 bits per heavy atom. The van der Waals surface area contributed by atoms with E-state index in [9.17, 15) is 4.79 Å². The van der Waals surface area contributed by atoms with Gasteiger partial charge in [0.1, 0.15) is 11.8 Å². The average Bonchev–Trinajstić information content (AvgIpc) is 2.79. The van der Waals surface area contributed by atoms with Crippen LogP contribution in [0.15, 0.2) is 48.5 Å². The number of benzene rings is 2. The van der Waals surface area contributed by atoms with Crippen LogP contribution in [0.25, 0.3) is 11.1 Å². The fourth-order valence-electron chi connectivity index (χ4n) is 3.55. The van der Waals surface area contributed by atoms with Gasteiger partial charge in [-0.2, -0.15) is 5.26 Å². The maximum Gasteiger partial charge on any atom is 0.323 e. The molecule has 0 N–H and O–H groups in total. The zero-order chi connectivity index (χ0) is 24.3. The number of unbranched alkanes of at least 4 members (excludes halogenated alkanes) is 3. The lowest BCUT2D eigenvalue weighted by Crippen LogP contribution is -2.40. The van der Waals surface area contributed by atoms with Crippen molar-refractivity contribution in [3.05, 3.63) is 54.1 Å². The summed E-state index contributed by atoms with van der Waals surface area (Å²) in [6, 6.07) is 17.5. The van der Waals surface area contributed by atoms with E-state index in [0.29, 0.717) is 18.8 Å². The second-order valence-corrected chi connectivity index (χ2v) is 9.89. The minimum absolute atomic E-state index is 0.0813. The zero-order valence-corrected chi connectivity index (χ0v) is 20.8. The molecule has 0 aliphatic carbocycles. The van der Waals surface area contributed by atoms with Gasteiger partial charge in [-0.3, -0.25) is 9.69 Å². The van der Waals surface area contributed by atoms with Crippen molar-refractivity contribution in [3.63, 3.8) is 0 Å². The quantitative estimate of drug-likeness (QED) is 0.290. The second-order valence-electron chi connectivity index (χ2n) is 9.89. The van der Waals surface area contributed by atoms with Crippen LogP contribution in [0, 0.1) is 16.7 Å². The van der Waals surface area contributed by atoms with E-state index >= 15 is 0 Å². The molecule has 0 saturated heterocycles. The Balaban J connectivity index is 1.61. The summed E-state index contributed by atoms with van der Waals surface area (Å²) in [5.74, 6) is 0.734. The highest BCUT2D eigenvalue weighted by molar-refractivity contribution is 5.75. The van der Waals surface area contributed by atoms with Gasteiger partial charge in [0.2, 0.25) is 0 Å². The fourth-order valence-corrected chi connectivity index (χ4v) is 3.55. The number of nitriles is 1. The fraction of sp³-hybridized carbons (Fsp3) is 0.500. The van der Waals surface area contributed by atoms with Gasteiger partial charge >= 0.3 is 5.97 Å². The lowest BCUT2D eigenvalue weighted by Gasteiger charge is -2.29. The van der Waals surface area contributed by atoms with Crippen LogP contribution in [0.3, 0.4) is 0 Å². The number of nitrogens with zero attached hydrogens (tertiary/aromatic N) is 2. The number of rotatable bonds is 12. The summed E-state index contributed by atoms with van der Waals surface area (Å²) >= 11 is 0. The average molecular weight is 451 g/mol. The van der Waals surface area contributed by atoms with E-state index in [0.717, 1.165) is 49.0 Å². The third kappa shape index (κ3) is 9.67. The standard InChI is InChI=1S/C28H38N2O3/c1-28(2,3)20-26(30(4)5)27(31)33-19-9-7-6-8-18-32-25-16-14-24(15-17-25)23-12-10-22(21-29)11-13-23/h10-17,26H,6-9,18-20H2,1-5H3. The van der Waals surface area contributed by atoms with Crippen LogP contribution < -0.4 is 4.74 Å². The van der Waals surface area contributed by atoms with Gasteiger partial charge in [-0.1, -0.05) is 45.0 Å². The van der Waals surface area contributed by atoms with Crippen LogP contribution >= 0.6 is 0 Å². The van der Waals surface area contributed by atoms with Crippen LogP contribution in [0.5, 0.6) is 5.75 Å². The van der Waals surface area contributed by atoms with E-state index < -0.39 is 0 Å². The van der Waals surface area contributed by atoms with Gasteiger partial charge in [0.05, 0.1) is 24.8 Å². The first-order valence-electron chi connectivity index (χ1n) is 11.8. The number of likely N-dealkylation sites (N-methyl/N-ethyl adjacent to an activating group) is 1. The van der Waals surface area contributed by atoms with Gasteiger partial charge < -0.3 is 9.47 Å². The Morgan fingerprint density at radius 2 is 1.45 bits per heavy atom. The molecule has 0 heterocycles. The van der Waals surface area contributed by atoms with Crippen LogP contribution in [0.1, 0.15) is 58.4 Å². The second kappa shape index (κ2) is 13.0. The number of carbonyl (C=O) groups is 1. The van der Waals surface area contributed by atoms with E-state index in [4.69, 9.17) is 14.7 Å². The molecule has 0 fully saturated rings. The summed E-state index contributed by atoms with van der Waals surface area (Å²) in [6.07, 6.45) is 4.68. The largest absolute Gasteiger partial charge is 0.494 e. The number of esters is 1. The van der Waals surface area contributed by atoms with Crippen LogP contribution in [-0.2, 0) is 9.53 Å². The predicted molar refractivity (Wildman–Crippen MR) is 133 cm³/mol. The van der Waals surface area contributed by atoms with E-state index in [1.54, 1.807) is 0 Å². The molecular formula is C28H38N2O3. The van der Waals surface area contributed by atoms with Gasteiger partial charge in [0, 0.05) is 0 Å². The molecule has 2 rings (SSSR count). The maximum atomic E-state index is 12.4. The SMILES string of the molecule is CN(C)C(CC(C)(C)C)C(=O)OCCCCCCOc1ccc(-c2ccc(C#N)cc2)cc1. The first kappa shape index (κ1) is 26.4. The molecule has 2 aromatic carbocycles. The normalized spacial score (nSPS) is 12.3.